The summed E-state index contributed by atoms with van der Waals surface area (Å²) in [7, 11) is 0. The zero-order valence-corrected chi connectivity index (χ0v) is 14.0. The summed E-state index contributed by atoms with van der Waals surface area (Å²) in [5, 5.41) is 5.85. The van der Waals surface area contributed by atoms with Crippen molar-refractivity contribution in [3.63, 3.8) is 0 Å². The largest absolute Gasteiger partial charge is 0.326 e. The topological polar surface area (TPSA) is 58.2 Å². The van der Waals surface area contributed by atoms with Gasteiger partial charge in [-0.25, -0.2) is 0 Å². The molecule has 0 bridgehead atoms. The first-order valence-electron chi connectivity index (χ1n) is 8.36. The maximum Gasteiger partial charge on any atom is 0.255 e. The minimum atomic E-state index is -0.175. The lowest BCUT2D eigenvalue weighted by atomic mass is 10.0. The number of hydrogen-bond acceptors (Lipinski definition) is 2. The van der Waals surface area contributed by atoms with Gasteiger partial charge in [-0.3, -0.25) is 9.59 Å². The molecule has 2 aromatic rings. The van der Waals surface area contributed by atoms with Crippen molar-refractivity contribution < 1.29 is 9.59 Å². The van der Waals surface area contributed by atoms with Crippen LogP contribution in [0.15, 0.2) is 48.5 Å². The summed E-state index contributed by atoms with van der Waals surface area (Å²) in [5.74, 6) is 0.328. The summed E-state index contributed by atoms with van der Waals surface area (Å²) < 4.78 is 0. The van der Waals surface area contributed by atoms with Gasteiger partial charge in [0, 0.05) is 22.9 Å². The summed E-state index contributed by atoms with van der Waals surface area (Å²) in [6.45, 7) is 4.19. The maximum absolute atomic E-state index is 12.5. The molecule has 0 aliphatic heterocycles. The van der Waals surface area contributed by atoms with Gasteiger partial charge in [-0.15, -0.1) is 0 Å². The van der Waals surface area contributed by atoms with Gasteiger partial charge in [-0.05, 0) is 48.6 Å². The van der Waals surface area contributed by atoms with Gasteiger partial charge in [-0.2, -0.15) is 0 Å². The van der Waals surface area contributed by atoms with Crippen molar-refractivity contribution in [2.45, 2.75) is 32.6 Å². The van der Waals surface area contributed by atoms with E-state index in [0.29, 0.717) is 17.2 Å². The lowest BCUT2D eigenvalue weighted by Gasteiger charge is -2.14. The van der Waals surface area contributed by atoms with E-state index in [4.69, 9.17) is 0 Å². The van der Waals surface area contributed by atoms with Gasteiger partial charge >= 0.3 is 0 Å². The molecular formula is C20H22N2O2. The third kappa shape index (κ3) is 3.82. The molecule has 1 saturated carbocycles. The Bertz CT molecular complexity index is 764. The third-order valence-electron chi connectivity index (χ3n) is 4.17. The molecule has 0 aromatic heterocycles. The predicted molar refractivity (Wildman–Crippen MR) is 96.3 cm³/mol. The fraction of sp³-hybridized carbons (Fsp3) is 0.300. The maximum atomic E-state index is 12.5. The minimum Gasteiger partial charge on any atom is -0.326 e. The molecule has 2 amide bonds. The van der Waals surface area contributed by atoms with Gasteiger partial charge in [0.25, 0.3) is 5.91 Å². The average Bonchev–Trinajstić information content (AvgIpc) is 3.40. The van der Waals surface area contributed by atoms with Gasteiger partial charge < -0.3 is 10.6 Å². The van der Waals surface area contributed by atoms with Gasteiger partial charge in [0.15, 0.2) is 0 Å². The van der Waals surface area contributed by atoms with Crippen molar-refractivity contribution >= 4 is 23.2 Å². The fourth-order valence-electron chi connectivity index (χ4n) is 2.64. The molecule has 4 heteroatoms. The third-order valence-corrected chi connectivity index (χ3v) is 4.17. The Labute approximate surface area is 142 Å². The Hall–Kier alpha value is -2.62. The number of para-hydroxylation sites is 1. The SMILES string of the molecule is CC(C)c1ccccc1NC(=O)c1cccc(NC(=O)C2CC2)c1. The molecule has 2 aromatic carbocycles. The molecule has 0 unspecified atom stereocenters. The monoisotopic (exact) mass is 322 g/mol. The van der Waals surface area contributed by atoms with E-state index in [0.717, 1.165) is 24.1 Å². The summed E-state index contributed by atoms with van der Waals surface area (Å²) >= 11 is 0. The number of hydrogen-bond donors (Lipinski definition) is 2. The zero-order chi connectivity index (χ0) is 17.1. The molecule has 0 radical (unpaired) electrons. The van der Waals surface area contributed by atoms with Crippen LogP contribution in [0, 0.1) is 5.92 Å². The van der Waals surface area contributed by atoms with Crippen LogP contribution in [0.1, 0.15) is 48.5 Å². The van der Waals surface area contributed by atoms with Crippen LogP contribution in [0.3, 0.4) is 0 Å². The van der Waals surface area contributed by atoms with E-state index in [-0.39, 0.29) is 17.7 Å². The molecular weight excluding hydrogens is 300 g/mol. The smallest absolute Gasteiger partial charge is 0.255 e. The van der Waals surface area contributed by atoms with Crippen molar-refractivity contribution in [3.8, 4) is 0 Å². The second kappa shape index (κ2) is 6.87. The second-order valence-electron chi connectivity index (χ2n) is 6.54. The highest BCUT2D eigenvalue weighted by atomic mass is 16.2. The van der Waals surface area contributed by atoms with Crippen LogP contribution in [0.4, 0.5) is 11.4 Å². The molecule has 0 saturated heterocycles. The summed E-state index contributed by atoms with van der Waals surface area (Å²) in [4.78, 5) is 24.4. The molecule has 4 nitrogen and oxygen atoms in total. The first-order chi connectivity index (χ1) is 11.5. The highest BCUT2D eigenvalue weighted by molar-refractivity contribution is 6.05. The van der Waals surface area contributed by atoms with Crippen LogP contribution in [0.2, 0.25) is 0 Å². The summed E-state index contributed by atoms with van der Waals surface area (Å²) in [6.07, 6.45) is 1.91. The molecule has 0 heterocycles. The van der Waals surface area contributed by atoms with Crippen molar-refractivity contribution in [2.75, 3.05) is 10.6 Å². The van der Waals surface area contributed by atoms with E-state index in [2.05, 4.69) is 24.5 Å². The summed E-state index contributed by atoms with van der Waals surface area (Å²) in [5.41, 5.74) is 3.12. The molecule has 1 aliphatic carbocycles. The lowest BCUT2D eigenvalue weighted by Crippen LogP contribution is -2.16. The molecule has 1 aliphatic rings. The van der Waals surface area contributed by atoms with Crippen molar-refractivity contribution in [3.05, 3.63) is 59.7 Å². The van der Waals surface area contributed by atoms with Crippen LogP contribution >= 0.6 is 0 Å². The Kier molecular flexibility index (Phi) is 4.65. The van der Waals surface area contributed by atoms with Crippen LogP contribution in [-0.4, -0.2) is 11.8 Å². The van der Waals surface area contributed by atoms with Crippen molar-refractivity contribution in [1.29, 1.82) is 0 Å². The van der Waals surface area contributed by atoms with E-state index in [1.165, 1.54) is 0 Å². The number of rotatable bonds is 5. The van der Waals surface area contributed by atoms with Crippen LogP contribution in [0.5, 0.6) is 0 Å². The normalized spacial score (nSPS) is 13.6. The van der Waals surface area contributed by atoms with Gasteiger partial charge in [0.2, 0.25) is 5.91 Å². The number of benzene rings is 2. The van der Waals surface area contributed by atoms with Gasteiger partial charge in [-0.1, -0.05) is 38.1 Å². The first kappa shape index (κ1) is 16.2. The molecule has 3 rings (SSSR count). The molecule has 2 N–H and O–H groups in total. The van der Waals surface area contributed by atoms with Crippen molar-refractivity contribution in [1.82, 2.24) is 0 Å². The second-order valence-corrected chi connectivity index (χ2v) is 6.54. The van der Waals surface area contributed by atoms with E-state index in [9.17, 15) is 9.59 Å². The highest BCUT2D eigenvalue weighted by Crippen LogP contribution is 2.30. The molecule has 0 atom stereocenters. The minimum absolute atomic E-state index is 0.0395. The van der Waals surface area contributed by atoms with E-state index in [1.807, 2.05) is 24.3 Å². The van der Waals surface area contributed by atoms with Gasteiger partial charge in [0.05, 0.1) is 0 Å². The number of anilines is 2. The standard InChI is InChI=1S/C20H22N2O2/c1-13(2)17-8-3-4-9-18(17)22-20(24)15-6-5-7-16(12-15)21-19(23)14-10-11-14/h3-9,12-14H,10-11H2,1-2H3,(H,21,23)(H,22,24). The van der Waals surface area contributed by atoms with Crippen LogP contribution < -0.4 is 10.6 Å². The molecule has 24 heavy (non-hydrogen) atoms. The first-order valence-corrected chi connectivity index (χ1v) is 8.36. The predicted octanol–water partition coefficient (Wildman–Crippen LogP) is 4.41. The van der Waals surface area contributed by atoms with Crippen LogP contribution in [0.25, 0.3) is 0 Å². The fourth-order valence-corrected chi connectivity index (χ4v) is 2.64. The Morgan fingerprint density at radius 3 is 2.46 bits per heavy atom. The Balaban J connectivity index is 1.74. The lowest BCUT2D eigenvalue weighted by molar-refractivity contribution is -0.117. The van der Waals surface area contributed by atoms with Crippen molar-refractivity contribution in [2.24, 2.45) is 5.92 Å². The number of carbonyl (C=O) groups is 2. The number of nitrogens with one attached hydrogen (secondary N) is 2. The Morgan fingerprint density at radius 1 is 1.00 bits per heavy atom. The van der Waals surface area contributed by atoms with E-state index < -0.39 is 0 Å². The molecule has 124 valence electrons. The van der Waals surface area contributed by atoms with E-state index in [1.54, 1.807) is 24.3 Å². The van der Waals surface area contributed by atoms with E-state index >= 15 is 0 Å². The highest BCUT2D eigenvalue weighted by Gasteiger charge is 2.29. The molecule has 1 fully saturated rings. The number of amides is 2. The Morgan fingerprint density at radius 2 is 1.75 bits per heavy atom. The van der Waals surface area contributed by atoms with Crippen LogP contribution in [-0.2, 0) is 4.79 Å². The quantitative estimate of drug-likeness (QED) is 0.856. The molecule has 0 spiro atoms. The average molecular weight is 322 g/mol. The number of carbonyl (C=O) groups excluding carboxylic acids is 2. The zero-order valence-electron chi connectivity index (χ0n) is 14.0. The summed E-state index contributed by atoms with van der Waals surface area (Å²) in [6, 6.07) is 14.9. The van der Waals surface area contributed by atoms with Gasteiger partial charge in [0.1, 0.15) is 0 Å².